The zero-order valence-electron chi connectivity index (χ0n) is 16.0. The highest BCUT2D eigenvalue weighted by Crippen LogP contribution is 2.26. The van der Waals surface area contributed by atoms with Gasteiger partial charge in [-0.15, -0.1) is 0 Å². The Kier molecular flexibility index (Phi) is 5.84. The lowest BCUT2D eigenvalue weighted by molar-refractivity contribution is 0.0917. The number of nitrogens with one attached hydrogen (secondary N) is 2. The summed E-state index contributed by atoms with van der Waals surface area (Å²) in [5.74, 6) is -0.375. The molecule has 0 bridgehead atoms. The fourth-order valence-corrected chi connectivity index (χ4v) is 4.70. The number of fused-ring (bicyclic) bond motifs is 1. The lowest BCUT2D eigenvalue weighted by Gasteiger charge is -2.12. The van der Waals surface area contributed by atoms with E-state index >= 15 is 0 Å². The molecule has 158 valence electrons. The van der Waals surface area contributed by atoms with Gasteiger partial charge in [-0.1, -0.05) is 29.8 Å². The van der Waals surface area contributed by atoms with E-state index in [1.165, 1.54) is 24.3 Å². The summed E-state index contributed by atoms with van der Waals surface area (Å²) in [6, 6.07) is 13.0. The molecule has 0 aliphatic heterocycles. The van der Waals surface area contributed by atoms with Crippen LogP contribution in [0.1, 0.15) is 41.5 Å². The van der Waals surface area contributed by atoms with Crippen molar-refractivity contribution in [3.05, 3.63) is 64.9 Å². The fourth-order valence-electron chi connectivity index (χ4n) is 3.10. The largest absolute Gasteiger partial charge is 0.451 e. The molecular weight excluding hydrogens is 428 g/mol. The summed E-state index contributed by atoms with van der Waals surface area (Å²) in [5, 5.41) is 13.9. The Morgan fingerprint density at radius 2 is 1.97 bits per heavy atom. The second-order valence-corrected chi connectivity index (χ2v) is 9.41. The van der Waals surface area contributed by atoms with Crippen molar-refractivity contribution in [2.24, 2.45) is 0 Å². The van der Waals surface area contributed by atoms with Crippen molar-refractivity contribution in [3.8, 4) is 0 Å². The van der Waals surface area contributed by atoms with E-state index in [2.05, 4.69) is 10.0 Å². The minimum atomic E-state index is -3.58. The van der Waals surface area contributed by atoms with E-state index in [-0.39, 0.29) is 29.7 Å². The number of furan rings is 1. The summed E-state index contributed by atoms with van der Waals surface area (Å²) in [7, 11) is -3.58. The first-order valence-electron chi connectivity index (χ1n) is 9.60. The van der Waals surface area contributed by atoms with Crippen LogP contribution in [0.25, 0.3) is 11.0 Å². The topological polar surface area (TPSA) is 109 Å². The van der Waals surface area contributed by atoms with Crippen LogP contribution >= 0.6 is 11.6 Å². The summed E-state index contributed by atoms with van der Waals surface area (Å²) in [6.45, 7) is 0.215. The normalized spacial score (nSPS) is 15.3. The van der Waals surface area contributed by atoms with Crippen molar-refractivity contribution < 1.29 is 22.7 Å². The first-order chi connectivity index (χ1) is 14.3. The minimum Gasteiger partial charge on any atom is -0.451 e. The fraction of sp³-hybridized carbons (Fsp3) is 0.286. The first-order valence-corrected chi connectivity index (χ1v) is 11.5. The van der Waals surface area contributed by atoms with Crippen molar-refractivity contribution in [1.82, 2.24) is 10.0 Å². The van der Waals surface area contributed by atoms with E-state index in [9.17, 15) is 18.3 Å². The number of sulfonamides is 1. The van der Waals surface area contributed by atoms with E-state index in [0.29, 0.717) is 21.6 Å². The summed E-state index contributed by atoms with van der Waals surface area (Å²) >= 11 is 6.07. The molecule has 0 radical (unpaired) electrons. The molecule has 7 nitrogen and oxygen atoms in total. The third-order valence-corrected chi connectivity index (χ3v) is 6.75. The number of hydrogen-bond acceptors (Lipinski definition) is 5. The van der Waals surface area contributed by atoms with Gasteiger partial charge in [0.1, 0.15) is 5.58 Å². The van der Waals surface area contributed by atoms with Gasteiger partial charge in [-0.05, 0) is 55.2 Å². The number of rotatable bonds is 8. The molecule has 1 unspecified atom stereocenters. The average Bonchev–Trinajstić information content (AvgIpc) is 3.40. The number of amides is 1. The molecule has 1 aliphatic rings. The Labute approximate surface area is 179 Å². The van der Waals surface area contributed by atoms with Gasteiger partial charge in [0.15, 0.2) is 5.76 Å². The van der Waals surface area contributed by atoms with Crippen molar-refractivity contribution in [1.29, 1.82) is 0 Å². The quantitative estimate of drug-likeness (QED) is 0.489. The molecule has 1 amide bonds. The van der Waals surface area contributed by atoms with Gasteiger partial charge in [0.25, 0.3) is 5.91 Å². The van der Waals surface area contributed by atoms with E-state index in [1.807, 2.05) is 0 Å². The van der Waals surface area contributed by atoms with Gasteiger partial charge in [0.2, 0.25) is 10.0 Å². The molecule has 1 heterocycles. The number of halogens is 1. The number of carbonyl (C=O) groups excluding carboxylic acids is 1. The molecule has 3 N–H and O–H groups in total. The highest BCUT2D eigenvalue weighted by molar-refractivity contribution is 7.89. The predicted octanol–water partition coefficient (Wildman–Crippen LogP) is 3.38. The molecule has 2 aromatic carbocycles. The van der Waals surface area contributed by atoms with E-state index in [0.717, 1.165) is 12.8 Å². The monoisotopic (exact) mass is 448 g/mol. The Hall–Kier alpha value is -2.39. The zero-order valence-corrected chi connectivity index (χ0v) is 17.5. The van der Waals surface area contributed by atoms with Gasteiger partial charge >= 0.3 is 0 Å². The highest BCUT2D eigenvalue weighted by Gasteiger charge is 2.28. The van der Waals surface area contributed by atoms with Crippen LogP contribution < -0.4 is 10.0 Å². The number of hydrogen-bond donors (Lipinski definition) is 3. The minimum absolute atomic E-state index is 0.0116. The first kappa shape index (κ1) is 20.9. The molecule has 0 spiro atoms. The van der Waals surface area contributed by atoms with Crippen LogP contribution in [0, 0.1) is 0 Å². The molecule has 1 aliphatic carbocycles. The van der Waals surface area contributed by atoms with Gasteiger partial charge in [-0.2, -0.15) is 0 Å². The Bertz CT molecular complexity index is 1190. The molecule has 4 rings (SSSR count). The lowest BCUT2D eigenvalue weighted by Crippen LogP contribution is -2.25. The van der Waals surface area contributed by atoms with Crippen LogP contribution in [0.2, 0.25) is 5.02 Å². The van der Waals surface area contributed by atoms with Crippen LogP contribution in [-0.2, 0) is 10.0 Å². The van der Waals surface area contributed by atoms with E-state index in [1.54, 1.807) is 24.3 Å². The Balaban J connectivity index is 1.40. The SMILES string of the molecule is O=C(NCCC(O)c1ccccc1Cl)c1cc2cc(S(=O)(=O)NC3CC3)ccc2o1. The summed E-state index contributed by atoms with van der Waals surface area (Å²) in [5.41, 5.74) is 1.02. The maximum Gasteiger partial charge on any atom is 0.287 e. The number of carbonyl (C=O) groups is 1. The molecule has 9 heteroatoms. The Morgan fingerprint density at radius 3 is 2.70 bits per heavy atom. The molecule has 0 saturated heterocycles. The second kappa shape index (κ2) is 8.39. The number of aliphatic hydroxyl groups is 1. The van der Waals surface area contributed by atoms with Gasteiger partial charge in [0.05, 0.1) is 11.0 Å². The van der Waals surface area contributed by atoms with Crippen molar-refractivity contribution >= 4 is 38.5 Å². The van der Waals surface area contributed by atoms with Crippen LogP contribution in [0.3, 0.4) is 0 Å². The summed E-state index contributed by atoms with van der Waals surface area (Å²) in [6.07, 6.45) is 1.18. The van der Waals surface area contributed by atoms with Gasteiger partial charge in [0, 0.05) is 23.0 Å². The van der Waals surface area contributed by atoms with Crippen LogP contribution in [0.4, 0.5) is 0 Å². The smallest absolute Gasteiger partial charge is 0.287 e. The number of benzene rings is 2. The summed E-state index contributed by atoms with van der Waals surface area (Å²) in [4.78, 5) is 12.5. The third kappa shape index (κ3) is 4.67. The molecular formula is C21H21ClN2O5S. The van der Waals surface area contributed by atoms with Crippen molar-refractivity contribution in [2.45, 2.75) is 36.3 Å². The highest BCUT2D eigenvalue weighted by atomic mass is 35.5. The second-order valence-electron chi connectivity index (χ2n) is 7.29. The van der Waals surface area contributed by atoms with E-state index < -0.39 is 22.0 Å². The van der Waals surface area contributed by atoms with Crippen LogP contribution in [0.15, 0.2) is 57.8 Å². The zero-order chi connectivity index (χ0) is 21.3. The van der Waals surface area contributed by atoms with Gasteiger partial charge in [-0.25, -0.2) is 13.1 Å². The standard InChI is InChI=1S/C21H21ClN2O5S/c22-17-4-2-1-3-16(17)18(25)9-10-23-21(26)20-12-13-11-15(7-8-19(13)29-20)30(27,28)24-14-5-6-14/h1-4,7-8,11-12,14,18,24-25H,5-6,9-10H2,(H,23,26). The van der Waals surface area contributed by atoms with Crippen LogP contribution in [0.5, 0.6) is 0 Å². The average molecular weight is 449 g/mol. The third-order valence-electron chi connectivity index (χ3n) is 4.89. The molecule has 30 heavy (non-hydrogen) atoms. The molecule has 1 atom stereocenters. The van der Waals surface area contributed by atoms with Crippen molar-refractivity contribution in [3.63, 3.8) is 0 Å². The van der Waals surface area contributed by atoms with Crippen LogP contribution in [-0.4, -0.2) is 32.0 Å². The maximum atomic E-state index is 12.4. The maximum absolute atomic E-state index is 12.4. The number of aliphatic hydroxyl groups excluding tert-OH is 1. The van der Waals surface area contributed by atoms with E-state index in [4.69, 9.17) is 16.0 Å². The molecule has 1 saturated carbocycles. The Morgan fingerprint density at radius 1 is 1.20 bits per heavy atom. The van der Waals surface area contributed by atoms with Gasteiger partial charge < -0.3 is 14.8 Å². The predicted molar refractivity (Wildman–Crippen MR) is 113 cm³/mol. The summed E-state index contributed by atoms with van der Waals surface area (Å²) < 4.78 is 32.9. The molecule has 1 fully saturated rings. The van der Waals surface area contributed by atoms with Gasteiger partial charge in [-0.3, -0.25) is 4.79 Å². The molecule has 3 aromatic rings. The molecule has 1 aromatic heterocycles. The lowest BCUT2D eigenvalue weighted by atomic mass is 10.1. The van der Waals surface area contributed by atoms with Crippen molar-refractivity contribution in [2.75, 3.05) is 6.54 Å².